The lowest BCUT2D eigenvalue weighted by molar-refractivity contribution is 0.196. The number of ether oxygens (including phenoxy) is 1. The molecule has 0 bridgehead atoms. The molecule has 2 fully saturated rings. The van der Waals surface area contributed by atoms with Crippen LogP contribution in [0, 0.1) is 5.92 Å². The molecule has 5 heteroatoms. The number of hydrazine groups is 1. The zero-order valence-electron chi connectivity index (χ0n) is 11.4. The van der Waals surface area contributed by atoms with Gasteiger partial charge in [-0.25, -0.2) is 5.84 Å². The van der Waals surface area contributed by atoms with Crippen molar-refractivity contribution in [2.24, 2.45) is 16.8 Å². The summed E-state index contributed by atoms with van der Waals surface area (Å²) < 4.78 is 5.03. The zero-order chi connectivity index (χ0) is 12.8. The number of nitrogens with zero attached hydrogens (tertiary/aromatic N) is 2. The van der Waals surface area contributed by atoms with Crippen LogP contribution < -0.4 is 11.3 Å². The van der Waals surface area contributed by atoms with Crippen LogP contribution in [0.2, 0.25) is 0 Å². The Morgan fingerprint density at radius 2 is 2.22 bits per heavy atom. The largest absolute Gasteiger partial charge is 0.385 e. The van der Waals surface area contributed by atoms with Crippen LogP contribution >= 0.6 is 0 Å². The van der Waals surface area contributed by atoms with Crippen molar-refractivity contribution in [2.45, 2.75) is 44.6 Å². The van der Waals surface area contributed by atoms with E-state index in [1.165, 1.54) is 32.1 Å². The van der Waals surface area contributed by atoms with Crippen molar-refractivity contribution < 1.29 is 4.74 Å². The van der Waals surface area contributed by atoms with E-state index >= 15 is 0 Å². The first-order chi connectivity index (χ1) is 8.86. The average Bonchev–Trinajstić information content (AvgIpc) is 2.83. The molecule has 1 aliphatic heterocycles. The maximum Gasteiger partial charge on any atom is 0.208 e. The van der Waals surface area contributed by atoms with Gasteiger partial charge in [0.15, 0.2) is 0 Å². The Labute approximate surface area is 110 Å². The summed E-state index contributed by atoms with van der Waals surface area (Å²) in [6.45, 7) is 2.64. The molecule has 0 aromatic rings. The van der Waals surface area contributed by atoms with Gasteiger partial charge in [0.25, 0.3) is 0 Å². The molecule has 3 N–H and O–H groups in total. The van der Waals surface area contributed by atoms with E-state index in [1.54, 1.807) is 7.11 Å². The quantitative estimate of drug-likeness (QED) is 0.259. The minimum Gasteiger partial charge on any atom is -0.385 e. The topological polar surface area (TPSA) is 62.9 Å². The second-order valence-corrected chi connectivity index (χ2v) is 5.29. The van der Waals surface area contributed by atoms with Crippen LogP contribution in [-0.2, 0) is 4.74 Å². The molecule has 2 aliphatic rings. The molecule has 104 valence electrons. The first kappa shape index (κ1) is 13.6. The molecule has 2 atom stereocenters. The van der Waals surface area contributed by atoms with Gasteiger partial charge in [0, 0.05) is 32.8 Å². The molecule has 1 saturated carbocycles. The second kappa shape index (κ2) is 6.95. The van der Waals surface area contributed by atoms with Gasteiger partial charge in [0.1, 0.15) is 0 Å². The second-order valence-electron chi connectivity index (χ2n) is 5.29. The van der Waals surface area contributed by atoms with Gasteiger partial charge < -0.3 is 9.64 Å². The Morgan fingerprint density at radius 3 is 3.00 bits per heavy atom. The lowest BCUT2D eigenvalue weighted by Crippen LogP contribution is -2.48. The molecular weight excluding hydrogens is 228 g/mol. The molecule has 5 nitrogen and oxygen atoms in total. The number of hydrogen-bond acceptors (Lipinski definition) is 3. The Bertz CT molecular complexity index is 282. The highest BCUT2D eigenvalue weighted by Gasteiger charge is 2.36. The number of methoxy groups -OCH3 is 1. The Hall–Kier alpha value is -0.810. The number of aliphatic imine (C=N–C) groups is 1. The predicted octanol–water partition coefficient (Wildman–Crippen LogP) is 1.11. The number of fused-ring (bicyclic) bond motifs is 1. The fourth-order valence-electron chi connectivity index (χ4n) is 3.28. The summed E-state index contributed by atoms with van der Waals surface area (Å²) in [4.78, 5) is 6.96. The van der Waals surface area contributed by atoms with Gasteiger partial charge in [-0.3, -0.25) is 10.4 Å². The number of nitrogens with two attached hydrogens (primary N) is 1. The molecule has 1 aliphatic carbocycles. The summed E-state index contributed by atoms with van der Waals surface area (Å²) in [6, 6.07) is 0.663. The smallest absolute Gasteiger partial charge is 0.208 e. The maximum absolute atomic E-state index is 5.64. The van der Waals surface area contributed by atoms with Gasteiger partial charge in [-0.05, 0) is 31.6 Å². The van der Waals surface area contributed by atoms with Gasteiger partial charge >= 0.3 is 0 Å². The third kappa shape index (κ3) is 3.14. The third-order valence-corrected chi connectivity index (χ3v) is 4.18. The van der Waals surface area contributed by atoms with E-state index in [9.17, 15) is 0 Å². The van der Waals surface area contributed by atoms with Crippen LogP contribution in [0.4, 0.5) is 0 Å². The molecule has 18 heavy (non-hydrogen) atoms. The Kier molecular flexibility index (Phi) is 5.26. The number of likely N-dealkylation sites (tertiary alicyclic amines) is 1. The molecule has 0 radical (unpaired) electrons. The fraction of sp³-hybridized carbons (Fsp3) is 0.923. The summed E-state index contributed by atoms with van der Waals surface area (Å²) >= 11 is 0. The van der Waals surface area contributed by atoms with Crippen molar-refractivity contribution >= 4 is 5.96 Å². The number of rotatable bonds is 4. The lowest BCUT2D eigenvalue weighted by atomic mass is 9.85. The number of nitrogens with one attached hydrogen (secondary N) is 1. The van der Waals surface area contributed by atoms with Crippen LogP contribution in [0.3, 0.4) is 0 Å². The monoisotopic (exact) mass is 254 g/mol. The van der Waals surface area contributed by atoms with E-state index in [0.29, 0.717) is 6.04 Å². The molecule has 1 saturated heterocycles. The van der Waals surface area contributed by atoms with E-state index in [1.807, 2.05) is 0 Å². The normalized spacial score (nSPS) is 28.3. The van der Waals surface area contributed by atoms with Crippen molar-refractivity contribution in [3.63, 3.8) is 0 Å². The van der Waals surface area contributed by atoms with Crippen molar-refractivity contribution in [1.29, 1.82) is 0 Å². The summed E-state index contributed by atoms with van der Waals surface area (Å²) in [5.74, 6) is 7.37. The van der Waals surface area contributed by atoms with Crippen molar-refractivity contribution in [2.75, 3.05) is 26.8 Å². The van der Waals surface area contributed by atoms with E-state index < -0.39 is 0 Å². The van der Waals surface area contributed by atoms with Crippen molar-refractivity contribution in [1.82, 2.24) is 10.3 Å². The van der Waals surface area contributed by atoms with E-state index in [4.69, 9.17) is 10.6 Å². The van der Waals surface area contributed by atoms with E-state index in [0.717, 1.165) is 38.0 Å². The summed E-state index contributed by atoms with van der Waals surface area (Å²) in [7, 11) is 1.72. The molecule has 2 unspecified atom stereocenters. The molecule has 2 rings (SSSR count). The number of hydrogen-bond donors (Lipinski definition) is 2. The molecule has 0 aromatic heterocycles. The average molecular weight is 254 g/mol. The SMILES string of the molecule is COCCCN=C(NN)N1CCC2CCCCC21. The van der Waals surface area contributed by atoms with Gasteiger partial charge in [0.2, 0.25) is 5.96 Å². The highest BCUT2D eigenvalue weighted by atomic mass is 16.5. The summed E-state index contributed by atoms with van der Waals surface area (Å²) in [5, 5.41) is 0. The molecular formula is C13H26N4O. The Morgan fingerprint density at radius 1 is 1.39 bits per heavy atom. The third-order valence-electron chi connectivity index (χ3n) is 4.18. The lowest BCUT2D eigenvalue weighted by Gasteiger charge is -2.33. The summed E-state index contributed by atoms with van der Waals surface area (Å²) in [6.07, 6.45) is 7.66. The maximum atomic E-state index is 5.64. The van der Waals surface area contributed by atoms with Gasteiger partial charge in [-0.15, -0.1) is 0 Å². The molecule has 0 amide bonds. The Balaban J connectivity index is 1.90. The van der Waals surface area contributed by atoms with Crippen LogP contribution in [0.5, 0.6) is 0 Å². The highest BCUT2D eigenvalue weighted by Crippen LogP contribution is 2.35. The number of guanidine groups is 1. The van der Waals surface area contributed by atoms with Crippen molar-refractivity contribution in [3.05, 3.63) is 0 Å². The zero-order valence-corrected chi connectivity index (χ0v) is 11.4. The molecule has 0 spiro atoms. The standard InChI is InChI=1S/C13H26N4O/c1-18-10-4-8-15-13(16-14)17-9-7-11-5-2-3-6-12(11)17/h11-12H,2-10,14H2,1H3,(H,15,16). The van der Waals surface area contributed by atoms with Crippen LogP contribution in [0.15, 0.2) is 4.99 Å². The molecule has 0 aromatic carbocycles. The fourth-order valence-corrected chi connectivity index (χ4v) is 3.28. The minimum atomic E-state index is 0.663. The molecule has 1 heterocycles. The van der Waals surface area contributed by atoms with Crippen molar-refractivity contribution in [3.8, 4) is 0 Å². The first-order valence-electron chi connectivity index (χ1n) is 7.13. The predicted molar refractivity (Wildman–Crippen MR) is 73.2 cm³/mol. The first-order valence-corrected chi connectivity index (χ1v) is 7.13. The minimum absolute atomic E-state index is 0.663. The van der Waals surface area contributed by atoms with Gasteiger partial charge in [0.05, 0.1) is 0 Å². The van der Waals surface area contributed by atoms with Gasteiger partial charge in [-0.1, -0.05) is 12.8 Å². The summed E-state index contributed by atoms with van der Waals surface area (Å²) in [5.41, 5.74) is 2.79. The van der Waals surface area contributed by atoms with Crippen LogP contribution in [-0.4, -0.2) is 43.7 Å². The van der Waals surface area contributed by atoms with E-state index in [2.05, 4.69) is 15.3 Å². The van der Waals surface area contributed by atoms with Gasteiger partial charge in [-0.2, -0.15) is 0 Å². The van der Waals surface area contributed by atoms with Crippen LogP contribution in [0.25, 0.3) is 0 Å². The van der Waals surface area contributed by atoms with Crippen LogP contribution in [0.1, 0.15) is 38.5 Å². The highest BCUT2D eigenvalue weighted by molar-refractivity contribution is 5.80. The van der Waals surface area contributed by atoms with E-state index in [-0.39, 0.29) is 0 Å².